The van der Waals surface area contributed by atoms with Crippen molar-refractivity contribution in [3.8, 4) is 0 Å². The molecule has 1 aromatic heterocycles. The Labute approximate surface area is 96.0 Å². The summed E-state index contributed by atoms with van der Waals surface area (Å²) in [5.41, 5.74) is -0.483. The van der Waals surface area contributed by atoms with Crippen LogP contribution in [0, 0.1) is 6.92 Å². The van der Waals surface area contributed by atoms with Gasteiger partial charge in [-0.3, -0.25) is 0 Å². The highest BCUT2D eigenvalue weighted by molar-refractivity contribution is 5.68. The normalized spacial score (nSPS) is 13.3. The molecule has 90 valence electrons. The summed E-state index contributed by atoms with van der Waals surface area (Å²) in [5, 5.41) is 2.71. The lowest BCUT2D eigenvalue weighted by atomic mass is 10.2. The van der Waals surface area contributed by atoms with Crippen LogP contribution in [0.2, 0.25) is 0 Å². The molecule has 0 bridgehead atoms. The maximum atomic E-state index is 11.5. The van der Waals surface area contributed by atoms with E-state index in [1.807, 2.05) is 46.8 Å². The molecule has 4 heteroatoms. The number of aryl methyl sites for hydroxylation is 1. The number of furan rings is 1. The first-order chi connectivity index (χ1) is 7.28. The van der Waals surface area contributed by atoms with E-state index >= 15 is 0 Å². The molecule has 0 aliphatic rings. The van der Waals surface area contributed by atoms with Crippen molar-refractivity contribution in [2.45, 2.75) is 46.3 Å². The average Bonchev–Trinajstić information content (AvgIpc) is 2.47. The van der Waals surface area contributed by atoms with Crippen molar-refractivity contribution in [3.63, 3.8) is 0 Å². The Morgan fingerprint density at radius 1 is 1.44 bits per heavy atom. The van der Waals surface area contributed by atoms with Crippen LogP contribution in [0.25, 0.3) is 0 Å². The molecule has 0 saturated heterocycles. The summed E-state index contributed by atoms with van der Waals surface area (Å²) in [5.74, 6) is 1.55. The van der Waals surface area contributed by atoms with Gasteiger partial charge in [-0.15, -0.1) is 0 Å². The lowest BCUT2D eigenvalue weighted by Crippen LogP contribution is -2.33. The van der Waals surface area contributed by atoms with E-state index in [1.165, 1.54) is 0 Å². The number of rotatable bonds is 2. The van der Waals surface area contributed by atoms with Crippen LogP contribution < -0.4 is 5.32 Å². The zero-order valence-electron chi connectivity index (χ0n) is 10.5. The molecule has 1 amide bonds. The highest BCUT2D eigenvalue weighted by atomic mass is 16.6. The number of hydrogen-bond acceptors (Lipinski definition) is 3. The van der Waals surface area contributed by atoms with Gasteiger partial charge in [0.25, 0.3) is 0 Å². The summed E-state index contributed by atoms with van der Waals surface area (Å²) in [7, 11) is 0. The number of carbonyl (C=O) groups is 1. The van der Waals surface area contributed by atoms with Crippen LogP contribution in [0.3, 0.4) is 0 Å². The van der Waals surface area contributed by atoms with Gasteiger partial charge >= 0.3 is 6.09 Å². The summed E-state index contributed by atoms with van der Waals surface area (Å²) in [6, 6.07) is 3.52. The Balaban J connectivity index is 2.52. The average molecular weight is 225 g/mol. The minimum Gasteiger partial charge on any atom is -0.464 e. The molecule has 0 aliphatic carbocycles. The first-order valence-electron chi connectivity index (χ1n) is 5.34. The molecule has 0 aliphatic heterocycles. The van der Waals surface area contributed by atoms with Gasteiger partial charge in [0, 0.05) is 0 Å². The Hall–Kier alpha value is -1.45. The monoisotopic (exact) mass is 225 g/mol. The Morgan fingerprint density at radius 3 is 2.50 bits per heavy atom. The third kappa shape index (κ3) is 3.96. The van der Waals surface area contributed by atoms with E-state index in [4.69, 9.17) is 9.15 Å². The van der Waals surface area contributed by atoms with Crippen LogP contribution in [0.1, 0.15) is 45.3 Å². The summed E-state index contributed by atoms with van der Waals surface area (Å²) < 4.78 is 10.6. The number of ether oxygens (including phenoxy) is 1. The third-order valence-corrected chi connectivity index (χ3v) is 1.92. The second-order valence-electron chi connectivity index (χ2n) is 4.82. The molecule has 0 spiro atoms. The molecule has 0 saturated carbocycles. The second kappa shape index (κ2) is 4.60. The van der Waals surface area contributed by atoms with Gasteiger partial charge in [0.1, 0.15) is 17.1 Å². The fourth-order valence-electron chi connectivity index (χ4n) is 1.24. The molecule has 1 rings (SSSR count). The summed E-state index contributed by atoms with van der Waals surface area (Å²) in [6.45, 7) is 9.20. The third-order valence-electron chi connectivity index (χ3n) is 1.92. The topological polar surface area (TPSA) is 51.5 Å². The van der Waals surface area contributed by atoms with E-state index in [0.717, 1.165) is 11.5 Å². The van der Waals surface area contributed by atoms with Gasteiger partial charge in [0.15, 0.2) is 0 Å². The van der Waals surface area contributed by atoms with Gasteiger partial charge in [0.2, 0.25) is 0 Å². The Morgan fingerprint density at radius 2 is 2.06 bits per heavy atom. The van der Waals surface area contributed by atoms with E-state index in [1.54, 1.807) is 0 Å². The molecule has 1 unspecified atom stereocenters. The highest BCUT2D eigenvalue weighted by Crippen LogP contribution is 2.16. The van der Waals surface area contributed by atoms with Gasteiger partial charge in [0.05, 0.1) is 6.04 Å². The van der Waals surface area contributed by atoms with Crippen LogP contribution in [0.5, 0.6) is 0 Å². The fourth-order valence-corrected chi connectivity index (χ4v) is 1.24. The second-order valence-corrected chi connectivity index (χ2v) is 4.82. The molecule has 1 atom stereocenters. The van der Waals surface area contributed by atoms with Crippen LogP contribution in [0.4, 0.5) is 4.79 Å². The van der Waals surface area contributed by atoms with Crippen LogP contribution >= 0.6 is 0 Å². The van der Waals surface area contributed by atoms with Crippen molar-refractivity contribution in [2.75, 3.05) is 0 Å². The van der Waals surface area contributed by atoms with Crippen molar-refractivity contribution < 1.29 is 13.9 Å². The SMILES string of the molecule is Cc1ccc(C(C)NC(=O)OC(C)(C)C)o1. The minimum atomic E-state index is -0.483. The minimum absolute atomic E-state index is 0.191. The number of carbonyl (C=O) groups excluding carboxylic acids is 1. The van der Waals surface area contributed by atoms with Crippen LogP contribution in [-0.4, -0.2) is 11.7 Å². The standard InChI is InChI=1S/C12H19NO3/c1-8-6-7-10(15-8)9(2)13-11(14)16-12(3,4)5/h6-7,9H,1-5H3,(H,13,14). The van der Waals surface area contributed by atoms with Crippen molar-refractivity contribution in [1.82, 2.24) is 5.32 Å². The summed E-state index contributed by atoms with van der Waals surface area (Å²) in [4.78, 5) is 11.5. The number of alkyl carbamates (subject to hydrolysis) is 1. The first kappa shape index (κ1) is 12.6. The smallest absolute Gasteiger partial charge is 0.408 e. The highest BCUT2D eigenvalue weighted by Gasteiger charge is 2.19. The quantitative estimate of drug-likeness (QED) is 0.841. The predicted octanol–water partition coefficient (Wildman–Crippen LogP) is 3.17. The predicted molar refractivity (Wildman–Crippen MR) is 61.2 cm³/mol. The van der Waals surface area contributed by atoms with Crippen LogP contribution in [0.15, 0.2) is 16.5 Å². The fraction of sp³-hybridized carbons (Fsp3) is 0.583. The Bertz CT molecular complexity index is 363. The number of amides is 1. The lowest BCUT2D eigenvalue weighted by molar-refractivity contribution is 0.0502. The van der Waals surface area contributed by atoms with Gasteiger partial charge in [-0.2, -0.15) is 0 Å². The molecule has 1 aromatic rings. The molecule has 1 heterocycles. The maximum absolute atomic E-state index is 11.5. The molecule has 0 aromatic carbocycles. The van der Waals surface area contributed by atoms with E-state index in [9.17, 15) is 4.79 Å². The van der Waals surface area contributed by atoms with Crippen molar-refractivity contribution in [3.05, 3.63) is 23.7 Å². The van der Waals surface area contributed by atoms with Gasteiger partial charge in [-0.25, -0.2) is 4.79 Å². The first-order valence-corrected chi connectivity index (χ1v) is 5.34. The molecule has 0 radical (unpaired) electrons. The molecule has 0 fully saturated rings. The van der Waals surface area contributed by atoms with E-state index in [-0.39, 0.29) is 6.04 Å². The van der Waals surface area contributed by atoms with Crippen molar-refractivity contribution >= 4 is 6.09 Å². The zero-order chi connectivity index (χ0) is 12.3. The summed E-state index contributed by atoms with van der Waals surface area (Å²) >= 11 is 0. The molecular formula is C12H19NO3. The Kier molecular flexibility index (Phi) is 3.62. The lowest BCUT2D eigenvalue weighted by Gasteiger charge is -2.21. The molecule has 4 nitrogen and oxygen atoms in total. The van der Waals surface area contributed by atoms with E-state index in [0.29, 0.717) is 0 Å². The zero-order valence-corrected chi connectivity index (χ0v) is 10.5. The van der Waals surface area contributed by atoms with E-state index in [2.05, 4.69) is 5.32 Å². The van der Waals surface area contributed by atoms with Crippen molar-refractivity contribution in [1.29, 1.82) is 0 Å². The number of nitrogens with one attached hydrogen (secondary N) is 1. The van der Waals surface area contributed by atoms with Crippen LogP contribution in [-0.2, 0) is 4.74 Å². The van der Waals surface area contributed by atoms with Crippen molar-refractivity contribution in [2.24, 2.45) is 0 Å². The van der Waals surface area contributed by atoms with Gasteiger partial charge < -0.3 is 14.5 Å². The molecule has 16 heavy (non-hydrogen) atoms. The maximum Gasteiger partial charge on any atom is 0.408 e. The molecular weight excluding hydrogens is 206 g/mol. The largest absolute Gasteiger partial charge is 0.464 e. The van der Waals surface area contributed by atoms with E-state index < -0.39 is 11.7 Å². The molecule has 1 N–H and O–H groups in total. The summed E-state index contributed by atoms with van der Waals surface area (Å²) in [6.07, 6.45) is -0.436. The number of hydrogen-bond donors (Lipinski definition) is 1. The van der Waals surface area contributed by atoms with Gasteiger partial charge in [-0.1, -0.05) is 0 Å². The van der Waals surface area contributed by atoms with Gasteiger partial charge in [-0.05, 0) is 46.8 Å².